The van der Waals surface area contributed by atoms with E-state index in [1.54, 1.807) is 17.1 Å². The van der Waals surface area contributed by atoms with E-state index in [9.17, 15) is 4.79 Å². The Morgan fingerprint density at radius 1 is 1.19 bits per heavy atom. The van der Waals surface area contributed by atoms with Crippen molar-refractivity contribution in [3.63, 3.8) is 0 Å². The van der Waals surface area contributed by atoms with E-state index < -0.39 is 0 Å². The zero-order valence-electron chi connectivity index (χ0n) is 9.84. The number of carbonyl (C=O) groups excluding carboxylic acids is 1. The van der Waals surface area contributed by atoms with E-state index in [0.717, 1.165) is 5.69 Å². The Kier molecular flexibility index (Phi) is 4.45. The van der Waals surface area contributed by atoms with Crippen molar-refractivity contribution >= 4 is 5.78 Å². The summed E-state index contributed by atoms with van der Waals surface area (Å²) >= 11 is 0. The Morgan fingerprint density at radius 2 is 1.81 bits per heavy atom. The topological polar surface area (TPSA) is 34.9 Å². The van der Waals surface area contributed by atoms with Crippen LogP contribution in [0.15, 0.2) is 42.7 Å². The highest BCUT2D eigenvalue weighted by Crippen LogP contribution is 2.07. The van der Waals surface area contributed by atoms with Gasteiger partial charge in [0, 0.05) is 6.20 Å². The van der Waals surface area contributed by atoms with Crippen LogP contribution in [0.5, 0.6) is 0 Å². The summed E-state index contributed by atoms with van der Waals surface area (Å²) in [6.07, 6.45) is 3.31. The molecule has 0 fully saturated rings. The van der Waals surface area contributed by atoms with E-state index >= 15 is 0 Å². The standard InChI is InChI=1S/C11H10N2O.C2H6/c1-9(14)10-7-12-13(8-10)11-5-3-2-4-6-11;1-2/h2-8H,1H3;1-2H3. The molecule has 2 aromatic rings. The van der Waals surface area contributed by atoms with E-state index in [1.807, 2.05) is 44.2 Å². The summed E-state index contributed by atoms with van der Waals surface area (Å²) < 4.78 is 1.69. The molecule has 84 valence electrons. The van der Waals surface area contributed by atoms with Crippen LogP contribution in [0.3, 0.4) is 0 Å². The van der Waals surface area contributed by atoms with Crippen LogP contribution >= 0.6 is 0 Å². The third-order valence-corrected chi connectivity index (χ3v) is 2.01. The first-order chi connectivity index (χ1) is 7.77. The smallest absolute Gasteiger partial charge is 0.162 e. The first kappa shape index (κ1) is 12.2. The van der Waals surface area contributed by atoms with Crippen LogP contribution in [0.25, 0.3) is 5.69 Å². The molecule has 0 aliphatic rings. The molecule has 2 rings (SSSR count). The van der Waals surface area contributed by atoms with E-state index in [0.29, 0.717) is 5.56 Å². The Hall–Kier alpha value is -1.90. The molecule has 0 N–H and O–H groups in total. The quantitative estimate of drug-likeness (QED) is 0.723. The summed E-state index contributed by atoms with van der Waals surface area (Å²) in [6.45, 7) is 5.53. The fourth-order valence-corrected chi connectivity index (χ4v) is 1.23. The number of benzene rings is 1. The molecule has 1 heterocycles. The molecule has 0 saturated carbocycles. The lowest BCUT2D eigenvalue weighted by atomic mass is 10.2. The zero-order valence-corrected chi connectivity index (χ0v) is 9.84. The monoisotopic (exact) mass is 216 g/mol. The highest BCUT2D eigenvalue weighted by molar-refractivity contribution is 5.93. The molecule has 0 aliphatic carbocycles. The highest BCUT2D eigenvalue weighted by Gasteiger charge is 2.03. The second-order valence-electron chi connectivity index (χ2n) is 3.07. The third kappa shape index (κ3) is 2.79. The number of carbonyl (C=O) groups is 1. The lowest BCUT2D eigenvalue weighted by Gasteiger charge is -1.98. The summed E-state index contributed by atoms with van der Waals surface area (Å²) in [4.78, 5) is 11.0. The molecular weight excluding hydrogens is 200 g/mol. The van der Waals surface area contributed by atoms with Crippen LogP contribution in [0, 0.1) is 0 Å². The van der Waals surface area contributed by atoms with Crippen molar-refractivity contribution in [1.29, 1.82) is 0 Å². The maximum atomic E-state index is 11.0. The predicted octanol–water partition coefficient (Wildman–Crippen LogP) is 3.10. The largest absolute Gasteiger partial charge is 0.294 e. The van der Waals surface area contributed by atoms with E-state index in [-0.39, 0.29) is 5.78 Å². The van der Waals surface area contributed by atoms with E-state index in [2.05, 4.69) is 5.10 Å². The minimum Gasteiger partial charge on any atom is -0.294 e. The lowest BCUT2D eigenvalue weighted by molar-refractivity contribution is 0.101. The summed E-state index contributed by atoms with van der Waals surface area (Å²) in [7, 11) is 0. The lowest BCUT2D eigenvalue weighted by Crippen LogP contribution is -1.93. The number of Topliss-reactive ketones (excluding diaryl/α,β-unsaturated/α-hetero) is 1. The molecular formula is C13H16N2O. The first-order valence-electron chi connectivity index (χ1n) is 5.38. The molecule has 0 saturated heterocycles. The normalized spacial score (nSPS) is 9.19. The molecule has 0 amide bonds. The van der Waals surface area contributed by atoms with Crippen molar-refractivity contribution < 1.29 is 4.79 Å². The maximum absolute atomic E-state index is 11.0. The van der Waals surface area contributed by atoms with Crippen molar-refractivity contribution in [3.05, 3.63) is 48.3 Å². The van der Waals surface area contributed by atoms with Crippen LogP contribution < -0.4 is 0 Å². The van der Waals surface area contributed by atoms with Crippen LogP contribution in [0.4, 0.5) is 0 Å². The van der Waals surface area contributed by atoms with Gasteiger partial charge in [0.15, 0.2) is 5.78 Å². The summed E-state index contributed by atoms with van der Waals surface area (Å²) in [6, 6.07) is 9.70. The number of hydrogen-bond acceptors (Lipinski definition) is 2. The van der Waals surface area contributed by atoms with Crippen molar-refractivity contribution in [2.45, 2.75) is 20.8 Å². The van der Waals surface area contributed by atoms with Gasteiger partial charge < -0.3 is 0 Å². The minimum atomic E-state index is 0.0344. The van der Waals surface area contributed by atoms with Crippen molar-refractivity contribution in [1.82, 2.24) is 9.78 Å². The first-order valence-corrected chi connectivity index (χ1v) is 5.38. The van der Waals surface area contributed by atoms with Gasteiger partial charge in [0.2, 0.25) is 0 Å². The van der Waals surface area contributed by atoms with E-state index in [4.69, 9.17) is 0 Å². The molecule has 1 aromatic heterocycles. The minimum absolute atomic E-state index is 0.0344. The molecule has 0 aliphatic heterocycles. The average Bonchev–Trinajstić information content (AvgIpc) is 2.82. The Balaban J connectivity index is 0.000000606. The molecule has 0 radical (unpaired) electrons. The third-order valence-electron chi connectivity index (χ3n) is 2.01. The molecule has 3 heteroatoms. The molecule has 0 bridgehead atoms. The number of rotatable bonds is 2. The van der Waals surface area contributed by atoms with Crippen molar-refractivity contribution in [2.24, 2.45) is 0 Å². The maximum Gasteiger partial charge on any atom is 0.162 e. The van der Waals surface area contributed by atoms with Crippen LogP contribution in [-0.2, 0) is 0 Å². The number of aromatic nitrogens is 2. The SMILES string of the molecule is CC.CC(=O)c1cnn(-c2ccccc2)c1. The van der Waals surface area contributed by atoms with Crippen LogP contribution in [0.2, 0.25) is 0 Å². The van der Waals surface area contributed by atoms with Crippen LogP contribution in [0.1, 0.15) is 31.1 Å². The van der Waals surface area contributed by atoms with Gasteiger partial charge in [0.1, 0.15) is 0 Å². The zero-order chi connectivity index (χ0) is 12.0. The second-order valence-corrected chi connectivity index (χ2v) is 3.07. The van der Waals surface area contributed by atoms with Gasteiger partial charge in [-0.15, -0.1) is 0 Å². The fraction of sp³-hybridized carbons (Fsp3) is 0.231. The van der Waals surface area contributed by atoms with Crippen molar-refractivity contribution in [3.8, 4) is 5.69 Å². The number of nitrogens with zero attached hydrogens (tertiary/aromatic N) is 2. The van der Waals surface area contributed by atoms with Gasteiger partial charge >= 0.3 is 0 Å². The fourth-order valence-electron chi connectivity index (χ4n) is 1.23. The van der Waals surface area contributed by atoms with Gasteiger partial charge in [-0.1, -0.05) is 32.0 Å². The molecule has 1 aromatic carbocycles. The molecule has 3 nitrogen and oxygen atoms in total. The molecule has 0 unspecified atom stereocenters. The summed E-state index contributed by atoms with van der Waals surface area (Å²) in [5, 5.41) is 4.10. The van der Waals surface area contributed by atoms with Gasteiger partial charge in [-0.05, 0) is 19.1 Å². The molecule has 0 spiro atoms. The van der Waals surface area contributed by atoms with Gasteiger partial charge in [0.05, 0.1) is 17.4 Å². The highest BCUT2D eigenvalue weighted by atomic mass is 16.1. The number of para-hydroxylation sites is 1. The van der Waals surface area contributed by atoms with Gasteiger partial charge in [0.25, 0.3) is 0 Å². The Labute approximate surface area is 95.7 Å². The molecule has 0 atom stereocenters. The second kappa shape index (κ2) is 5.85. The van der Waals surface area contributed by atoms with Crippen LogP contribution in [-0.4, -0.2) is 15.6 Å². The Bertz CT molecular complexity index is 446. The average molecular weight is 216 g/mol. The molecule has 16 heavy (non-hydrogen) atoms. The van der Waals surface area contributed by atoms with Gasteiger partial charge in [-0.3, -0.25) is 4.79 Å². The summed E-state index contributed by atoms with van der Waals surface area (Å²) in [5.74, 6) is 0.0344. The Morgan fingerprint density at radius 3 is 2.31 bits per heavy atom. The number of hydrogen-bond donors (Lipinski definition) is 0. The predicted molar refractivity (Wildman–Crippen MR) is 64.9 cm³/mol. The van der Waals surface area contributed by atoms with Gasteiger partial charge in [-0.25, -0.2) is 4.68 Å². The van der Waals surface area contributed by atoms with Crippen molar-refractivity contribution in [2.75, 3.05) is 0 Å². The van der Waals surface area contributed by atoms with E-state index in [1.165, 1.54) is 6.92 Å². The van der Waals surface area contributed by atoms with Gasteiger partial charge in [-0.2, -0.15) is 5.10 Å². The summed E-state index contributed by atoms with van der Waals surface area (Å²) in [5.41, 5.74) is 1.59. The number of ketones is 1.